The van der Waals surface area contributed by atoms with E-state index in [1.807, 2.05) is 36.1 Å². The average molecular weight is 421 g/mol. The molecule has 7 heteroatoms. The van der Waals surface area contributed by atoms with E-state index in [1.165, 1.54) is 29.0 Å². The molecular formula is C23H21FN4OS. The van der Waals surface area contributed by atoms with Gasteiger partial charge in [-0.1, -0.05) is 42.0 Å². The molecule has 1 aliphatic rings. The lowest BCUT2D eigenvalue weighted by atomic mass is 10.1. The molecule has 0 spiro atoms. The Bertz CT molecular complexity index is 1060. The maximum Gasteiger partial charge on any atom is 0.273 e. The summed E-state index contributed by atoms with van der Waals surface area (Å²) in [6.45, 7) is 4.24. The number of aryl methyl sites for hydroxylation is 1. The normalized spacial score (nSPS) is 15.6. The Kier molecular flexibility index (Phi) is 5.88. The summed E-state index contributed by atoms with van der Waals surface area (Å²) in [5, 5.41) is 12.2. The molecule has 152 valence electrons. The number of nitriles is 1. The second kappa shape index (κ2) is 8.74. The molecule has 0 unspecified atom stereocenters. The van der Waals surface area contributed by atoms with Crippen LogP contribution in [-0.2, 0) is 0 Å². The highest BCUT2D eigenvalue weighted by atomic mass is 32.1. The van der Waals surface area contributed by atoms with Crippen molar-refractivity contribution in [1.82, 2.24) is 14.8 Å². The third-order valence-corrected chi connectivity index (χ3v) is 6.19. The lowest BCUT2D eigenvalue weighted by Gasteiger charge is -2.36. The van der Waals surface area contributed by atoms with Gasteiger partial charge >= 0.3 is 0 Å². The first-order chi connectivity index (χ1) is 14.5. The van der Waals surface area contributed by atoms with Crippen molar-refractivity contribution < 1.29 is 9.18 Å². The summed E-state index contributed by atoms with van der Waals surface area (Å²) in [7, 11) is 0. The van der Waals surface area contributed by atoms with Crippen LogP contribution in [-0.4, -0.2) is 46.9 Å². The number of piperazine rings is 1. The van der Waals surface area contributed by atoms with E-state index < -0.39 is 6.04 Å². The van der Waals surface area contributed by atoms with Gasteiger partial charge in [-0.2, -0.15) is 5.26 Å². The number of halogens is 1. The van der Waals surface area contributed by atoms with Gasteiger partial charge in [0.2, 0.25) is 0 Å². The minimum absolute atomic E-state index is 0.0837. The Morgan fingerprint density at radius 1 is 1.10 bits per heavy atom. The largest absolute Gasteiger partial charge is 0.335 e. The SMILES string of the molecule is Cc1ccc(-c2nc(C(=O)N3CCN([C@H](C#N)c4ccc(F)cc4)CC3)cs2)cc1. The molecule has 0 saturated carbocycles. The van der Waals surface area contributed by atoms with Crippen molar-refractivity contribution in [2.75, 3.05) is 26.2 Å². The van der Waals surface area contributed by atoms with Crippen LogP contribution in [0.1, 0.15) is 27.7 Å². The van der Waals surface area contributed by atoms with Crippen LogP contribution in [0.2, 0.25) is 0 Å². The van der Waals surface area contributed by atoms with Crippen molar-refractivity contribution in [2.24, 2.45) is 0 Å². The van der Waals surface area contributed by atoms with Crippen molar-refractivity contribution >= 4 is 17.2 Å². The first-order valence-electron chi connectivity index (χ1n) is 9.76. The molecule has 1 amide bonds. The summed E-state index contributed by atoms with van der Waals surface area (Å²) in [6.07, 6.45) is 0. The standard InChI is InChI=1S/C23H21FN4OS/c1-16-2-4-18(5-3-16)22-26-20(15-30-22)23(29)28-12-10-27(11-13-28)21(14-25)17-6-8-19(24)9-7-17/h2-9,15,21H,10-13H2,1H3/t21-/m1/s1. The molecule has 1 aliphatic heterocycles. The fourth-order valence-corrected chi connectivity index (χ4v) is 4.36. The van der Waals surface area contributed by atoms with Crippen LogP contribution in [0.5, 0.6) is 0 Å². The molecule has 0 radical (unpaired) electrons. The van der Waals surface area contributed by atoms with Gasteiger partial charge in [0.25, 0.3) is 5.91 Å². The molecule has 5 nitrogen and oxygen atoms in total. The zero-order chi connectivity index (χ0) is 21.1. The first kappa shape index (κ1) is 20.2. The van der Waals surface area contributed by atoms with Gasteiger partial charge in [-0.25, -0.2) is 9.37 Å². The topological polar surface area (TPSA) is 60.2 Å². The molecule has 4 rings (SSSR count). The van der Waals surface area contributed by atoms with E-state index in [4.69, 9.17) is 0 Å². The molecule has 2 heterocycles. The predicted molar refractivity (Wildman–Crippen MR) is 115 cm³/mol. The van der Waals surface area contributed by atoms with Gasteiger partial charge in [0, 0.05) is 37.1 Å². The van der Waals surface area contributed by atoms with E-state index in [1.54, 1.807) is 22.4 Å². The number of benzene rings is 2. The van der Waals surface area contributed by atoms with E-state index >= 15 is 0 Å². The van der Waals surface area contributed by atoms with E-state index in [-0.39, 0.29) is 11.7 Å². The van der Waals surface area contributed by atoms with E-state index in [2.05, 4.69) is 11.1 Å². The number of carbonyl (C=O) groups excluding carboxylic acids is 1. The monoisotopic (exact) mass is 420 g/mol. The van der Waals surface area contributed by atoms with Gasteiger partial charge in [-0.15, -0.1) is 11.3 Å². The molecule has 1 atom stereocenters. The molecule has 0 aliphatic carbocycles. The molecule has 3 aromatic rings. The van der Waals surface area contributed by atoms with Gasteiger partial charge in [-0.05, 0) is 24.6 Å². The van der Waals surface area contributed by atoms with Crippen molar-refractivity contribution in [3.8, 4) is 16.6 Å². The number of amides is 1. The zero-order valence-electron chi connectivity index (χ0n) is 16.6. The number of carbonyl (C=O) groups is 1. The molecule has 0 N–H and O–H groups in total. The van der Waals surface area contributed by atoms with Crippen molar-refractivity contribution in [1.29, 1.82) is 5.26 Å². The number of hydrogen-bond acceptors (Lipinski definition) is 5. The quantitative estimate of drug-likeness (QED) is 0.632. The maximum absolute atomic E-state index is 13.2. The highest BCUT2D eigenvalue weighted by Crippen LogP contribution is 2.26. The summed E-state index contributed by atoms with van der Waals surface area (Å²) in [5.74, 6) is -0.404. The summed E-state index contributed by atoms with van der Waals surface area (Å²) >= 11 is 1.47. The van der Waals surface area contributed by atoms with Gasteiger partial charge in [0.15, 0.2) is 0 Å². The smallest absolute Gasteiger partial charge is 0.273 e. The van der Waals surface area contributed by atoms with Crippen LogP contribution in [0, 0.1) is 24.1 Å². The number of aromatic nitrogens is 1. The number of hydrogen-bond donors (Lipinski definition) is 0. The fraction of sp³-hybridized carbons (Fsp3) is 0.261. The van der Waals surface area contributed by atoms with Crippen LogP contribution in [0.25, 0.3) is 10.6 Å². The zero-order valence-corrected chi connectivity index (χ0v) is 17.4. The number of rotatable bonds is 4. The third kappa shape index (κ3) is 4.25. The van der Waals surface area contributed by atoms with Crippen LogP contribution in [0.4, 0.5) is 4.39 Å². The molecule has 1 aromatic heterocycles. The van der Waals surface area contributed by atoms with Crippen molar-refractivity contribution in [3.05, 3.63) is 76.5 Å². The summed E-state index contributed by atoms with van der Waals surface area (Å²) in [5.41, 5.74) is 3.41. The molecular weight excluding hydrogens is 399 g/mol. The van der Waals surface area contributed by atoms with Crippen LogP contribution in [0.3, 0.4) is 0 Å². The Morgan fingerprint density at radius 3 is 2.40 bits per heavy atom. The van der Waals surface area contributed by atoms with Crippen molar-refractivity contribution in [3.63, 3.8) is 0 Å². The molecule has 2 aromatic carbocycles. The molecule has 30 heavy (non-hydrogen) atoms. The lowest BCUT2D eigenvalue weighted by Crippen LogP contribution is -2.49. The molecule has 0 bridgehead atoms. The minimum Gasteiger partial charge on any atom is -0.335 e. The van der Waals surface area contributed by atoms with Gasteiger partial charge in [0.05, 0.1) is 6.07 Å². The fourth-order valence-electron chi connectivity index (χ4n) is 3.56. The maximum atomic E-state index is 13.2. The number of thiazole rings is 1. The first-order valence-corrected chi connectivity index (χ1v) is 10.6. The summed E-state index contributed by atoms with van der Waals surface area (Å²) in [4.78, 5) is 21.2. The Hall–Kier alpha value is -3.08. The van der Waals surface area contributed by atoms with Crippen LogP contribution < -0.4 is 0 Å². The van der Waals surface area contributed by atoms with Crippen LogP contribution >= 0.6 is 11.3 Å². The van der Waals surface area contributed by atoms with Crippen molar-refractivity contribution in [2.45, 2.75) is 13.0 Å². The van der Waals surface area contributed by atoms with E-state index in [0.29, 0.717) is 31.9 Å². The molecule has 1 saturated heterocycles. The summed E-state index contributed by atoms with van der Waals surface area (Å²) < 4.78 is 13.2. The molecule has 1 fully saturated rings. The highest BCUT2D eigenvalue weighted by molar-refractivity contribution is 7.13. The Morgan fingerprint density at radius 2 is 1.77 bits per heavy atom. The highest BCUT2D eigenvalue weighted by Gasteiger charge is 2.28. The number of nitrogens with zero attached hydrogens (tertiary/aromatic N) is 4. The summed E-state index contributed by atoms with van der Waals surface area (Å²) in [6, 6.07) is 16.0. The van der Waals surface area contributed by atoms with Gasteiger partial charge in [0.1, 0.15) is 22.6 Å². The third-order valence-electron chi connectivity index (χ3n) is 5.30. The Balaban J connectivity index is 1.40. The lowest BCUT2D eigenvalue weighted by molar-refractivity contribution is 0.0601. The van der Waals surface area contributed by atoms with E-state index in [0.717, 1.165) is 16.1 Å². The van der Waals surface area contributed by atoms with Gasteiger partial charge in [-0.3, -0.25) is 9.69 Å². The van der Waals surface area contributed by atoms with Gasteiger partial charge < -0.3 is 4.90 Å². The minimum atomic E-state index is -0.449. The predicted octanol–water partition coefficient (Wildman–Crippen LogP) is 4.28. The second-order valence-corrected chi connectivity index (χ2v) is 8.17. The van der Waals surface area contributed by atoms with Crippen LogP contribution in [0.15, 0.2) is 53.9 Å². The average Bonchev–Trinajstić information content (AvgIpc) is 3.26. The van der Waals surface area contributed by atoms with E-state index in [9.17, 15) is 14.4 Å². The second-order valence-electron chi connectivity index (χ2n) is 7.32. The Labute approximate surface area is 179 Å².